The summed E-state index contributed by atoms with van der Waals surface area (Å²) in [6.07, 6.45) is 10.4. The van der Waals surface area contributed by atoms with E-state index in [-0.39, 0.29) is 13.2 Å². The van der Waals surface area contributed by atoms with Crippen LogP contribution in [0.25, 0.3) is 0 Å². The lowest BCUT2D eigenvalue weighted by molar-refractivity contribution is 0.112. The Balaban J connectivity index is 1.91. The molecule has 0 saturated heterocycles. The Bertz CT molecular complexity index is 349. The van der Waals surface area contributed by atoms with Gasteiger partial charge < -0.3 is 15.9 Å². The Morgan fingerprint density at radius 2 is 1.29 bits per heavy atom. The quantitative estimate of drug-likeness (QED) is 0.519. The maximum Gasteiger partial charge on any atom is 0.0633 e. The number of hydrogen-bond acceptors (Lipinski definition) is 3. The third kappa shape index (κ3) is 8.20. The molecule has 0 spiro atoms. The predicted octanol–water partition coefficient (Wildman–Crippen LogP) is 3.03. The number of nitrogens with two attached hydrogens (primary N) is 1. The zero-order chi connectivity index (χ0) is 15.4. The van der Waals surface area contributed by atoms with Crippen LogP contribution in [-0.4, -0.2) is 29.0 Å². The van der Waals surface area contributed by atoms with Crippen LogP contribution in [0.1, 0.15) is 56.9 Å². The Hall–Kier alpha value is -0.900. The minimum Gasteiger partial charge on any atom is -0.394 e. The van der Waals surface area contributed by atoms with Crippen molar-refractivity contribution in [2.75, 3.05) is 13.2 Å². The molecule has 0 aromatic heterocycles. The predicted molar refractivity (Wildman–Crippen MR) is 88.2 cm³/mol. The van der Waals surface area contributed by atoms with Crippen molar-refractivity contribution in [2.45, 2.75) is 63.3 Å². The average molecular weight is 293 g/mol. The maximum atomic E-state index is 9.09. The van der Waals surface area contributed by atoms with Crippen molar-refractivity contribution < 1.29 is 10.2 Å². The first-order valence-corrected chi connectivity index (χ1v) is 8.25. The van der Waals surface area contributed by atoms with Crippen molar-refractivity contribution >= 4 is 0 Å². The molecule has 3 heteroatoms. The fraction of sp³-hybridized carbons (Fsp3) is 0.667. The summed E-state index contributed by atoms with van der Waals surface area (Å²) in [5, 5.41) is 18.2. The van der Waals surface area contributed by atoms with E-state index in [1.807, 2.05) is 0 Å². The van der Waals surface area contributed by atoms with Gasteiger partial charge in [0.2, 0.25) is 0 Å². The summed E-state index contributed by atoms with van der Waals surface area (Å²) in [6, 6.07) is 10.7. The molecule has 120 valence electrons. The number of rotatable bonds is 12. The molecule has 0 unspecified atom stereocenters. The monoisotopic (exact) mass is 293 g/mol. The molecule has 0 saturated carbocycles. The maximum absolute atomic E-state index is 9.09. The van der Waals surface area contributed by atoms with Crippen LogP contribution in [0.15, 0.2) is 30.3 Å². The van der Waals surface area contributed by atoms with E-state index in [1.165, 1.54) is 44.1 Å². The SMILES string of the molecule is NC(CO)(CO)CCCCCCCCCc1ccccc1. The van der Waals surface area contributed by atoms with Gasteiger partial charge in [-0.25, -0.2) is 0 Å². The van der Waals surface area contributed by atoms with Crippen LogP contribution in [0.3, 0.4) is 0 Å². The van der Waals surface area contributed by atoms with Crippen LogP contribution in [0, 0.1) is 0 Å². The molecule has 0 fully saturated rings. The Morgan fingerprint density at radius 1 is 0.762 bits per heavy atom. The number of aliphatic hydroxyl groups is 2. The molecule has 0 bridgehead atoms. The Morgan fingerprint density at radius 3 is 1.86 bits per heavy atom. The molecule has 21 heavy (non-hydrogen) atoms. The van der Waals surface area contributed by atoms with E-state index in [1.54, 1.807) is 0 Å². The van der Waals surface area contributed by atoms with Gasteiger partial charge in [-0.05, 0) is 24.8 Å². The first-order chi connectivity index (χ1) is 10.2. The van der Waals surface area contributed by atoms with Crippen LogP contribution in [0.5, 0.6) is 0 Å². The second-order valence-electron chi connectivity index (χ2n) is 6.14. The van der Waals surface area contributed by atoms with E-state index < -0.39 is 5.54 Å². The molecule has 1 aromatic rings. The molecule has 0 heterocycles. The highest BCUT2D eigenvalue weighted by atomic mass is 16.3. The number of hydrogen-bond donors (Lipinski definition) is 3. The molecule has 1 rings (SSSR count). The molecular formula is C18H31NO2. The zero-order valence-corrected chi connectivity index (χ0v) is 13.1. The minimum absolute atomic E-state index is 0.136. The summed E-state index contributed by atoms with van der Waals surface area (Å²) in [7, 11) is 0. The molecule has 0 aliphatic rings. The van der Waals surface area contributed by atoms with Crippen LogP contribution in [0.4, 0.5) is 0 Å². The van der Waals surface area contributed by atoms with E-state index in [4.69, 9.17) is 15.9 Å². The van der Waals surface area contributed by atoms with Crippen LogP contribution in [0.2, 0.25) is 0 Å². The second kappa shape index (κ2) is 10.8. The summed E-state index contributed by atoms with van der Waals surface area (Å²) in [5.41, 5.74) is 6.49. The number of aliphatic hydroxyl groups excluding tert-OH is 2. The largest absolute Gasteiger partial charge is 0.394 e. The Kier molecular flexibility index (Phi) is 9.31. The van der Waals surface area contributed by atoms with Crippen LogP contribution >= 0.6 is 0 Å². The summed E-state index contributed by atoms with van der Waals surface area (Å²) >= 11 is 0. The van der Waals surface area contributed by atoms with E-state index in [2.05, 4.69) is 30.3 Å². The van der Waals surface area contributed by atoms with Gasteiger partial charge in [-0.15, -0.1) is 0 Å². The fourth-order valence-electron chi connectivity index (χ4n) is 2.54. The van der Waals surface area contributed by atoms with E-state index in [0.717, 1.165) is 12.8 Å². The standard InChI is InChI=1S/C18H31NO2/c19-18(15-20,16-21)14-10-5-3-1-2-4-7-11-17-12-8-6-9-13-17/h6,8-9,12-13,20-21H,1-5,7,10-11,14-16,19H2. The van der Waals surface area contributed by atoms with Crippen LogP contribution in [-0.2, 0) is 6.42 Å². The highest BCUT2D eigenvalue weighted by Gasteiger charge is 2.21. The number of aryl methyl sites for hydroxylation is 1. The smallest absolute Gasteiger partial charge is 0.0633 e. The number of unbranched alkanes of at least 4 members (excludes halogenated alkanes) is 6. The molecule has 0 radical (unpaired) electrons. The lowest BCUT2D eigenvalue weighted by Gasteiger charge is -2.24. The van der Waals surface area contributed by atoms with Crippen molar-refractivity contribution in [1.29, 1.82) is 0 Å². The van der Waals surface area contributed by atoms with Gasteiger partial charge in [0, 0.05) is 0 Å². The average Bonchev–Trinajstić information content (AvgIpc) is 2.54. The first-order valence-electron chi connectivity index (χ1n) is 8.25. The minimum atomic E-state index is -0.782. The molecular weight excluding hydrogens is 262 g/mol. The Labute approximate surface area is 129 Å². The first kappa shape index (κ1) is 18.1. The topological polar surface area (TPSA) is 66.5 Å². The van der Waals surface area contributed by atoms with Crippen molar-refractivity contribution in [1.82, 2.24) is 0 Å². The number of benzene rings is 1. The van der Waals surface area contributed by atoms with Gasteiger partial charge in [0.25, 0.3) is 0 Å². The normalized spacial score (nSPS) is 11.8. The molecule has 4 N–H and O–H groups in total. The fourth-order valence-corrected chi connectivity index (χ4v) is 2.54. The van der Waals surface area contributed by atoms with Gasteiger partial charge in [0.1, 0.15) is 0 Å². The molecule has 0 aliphatic heterocycles. The van der Waals surface area contributed by atoms with Crippen molar-refractivity contribution in [2.24, 2.45) is 5.73 Å². The third-order valence-electron chi connectivity index (χ3n) is 4.11. The van der Waals surface area contributed by atoms with E-state index in [0.29, 0.717) is 6.42 Å². The summed E-state index contributed by atoms with van der Waals surface area (Å²) in [5.74, 6) is 0. The molecule has 1 aromatic carbocycles. The van der Waals surface area contributed by atoms with Gasteiger partial charge in [-0.2, -0.15) is 0 Å². The molecule has 0 amide bonds. The van der Waals surface area contributed by atoms with Gasteiger partial charge in [-0.3, -0.25) is 0 Å². The molecule has 0 atom stereocenters. The summed E-state index contributed by atoms with van der Waals surface area (Å²) in [6.45, 7) is -0.272. The second-order valence-corrected chi connectivity index (χ2v) is 6.14. The lowest BCUT2D eigenvalue weighted by atomic mass is 9.94. The molecule has 0 aliphatic carbocycles. The van der Waals surface area contributed by atoms with Crippen molar-refractivity contribution in [3.8, 4) is 0 Å². The van der Waals surface area contributed by atoms with Crippen molar-refractivity contribution in [3.05, 3.63) is 35.9 Å². The van der Waals surface area contributed by atoms with E-state index >= 15 is 0 Å². The van der Waals surface area contributed by atoms with Gasteiger partial charge in [0.15, 0.2) is 0 Å². The zero-order valence-electron chi connectivity index (χ0n) is 13.1. The highest BCUT2D eigenvalue weighted by molar-refractivity contribution is 5.14. The summed E-state index contributed by atoms with van der Waals surface area (Å²) < 4.78 is 0. The third-order valence-corrected chi connectivity index (χ3v) is 4.11. The van der Waals surface area contributed by atoms with Gasteiger partial charge >= 0.3 is 0 Å². The molecule has 3 nitrogen and oxygen atoms in total. The van der Waals surface area contributed by atoms with Crippen molar-refractivity contribution in [3.63, 3.8) is 0 Å². The summed E-state index contributed by atoms with van der Waals surface area (Å²) in [4.78, 5) is 0. The van der Waals surface area contributed by atoms with Gasteiger partial charge in [-0.1, -0.05) is 68.9 Å². The lowest BCUT2D eigenvalue weighted by Crippen LogP contribution is -2.47. The van der Waals surface area contributed by atoms with Gasteiger partial charge in [0.05, 0.1) is 18.8 Å². The highest BCUT2D eigenvalue weighted by Crippen LogP contribution is 2.14. The van der Waals surface area contributed by atoms with Crippen LogP contribution < -0.4 is 5.73 Å². The van der Waals surface area contributed by atoms with E-state index in [9.17, 15) is 0 Å².